The molecule has 0 spiro atoms. The van der Waals surface area contributed by atoms with Crippen molar-refractivity contribution < 1.29 is 27.5 Å². The molecular formula is C12H7ClF3NO3. The van der Waals surface area contributed by atoms with Crippen LogP contribution in [0.5, 0.6) is 0 Å². The van der Waals surface area contributed by atoms with E-state index in [1.165, 1.54) is 0 Å². The van der Waals surface area contributed by atoms with Gasteiger partial charge < -0.3 is 10.1 Å². The molecule has 20 heavy (non-hydrogen) atoms. The number of nitrogens with one attached hydrogen (secondary N) is 1. The minimum Gasteiger partial charge on any atom is -0.456 e. The lowest BCUT2D eigenvalue weighted by atomic mass is 10.1. The highest BCUT2D eigenvalue weighted by atomic mass is 35.5. The highest BCUT2D eigenvalue weighted by Gasteiger charge is 2.33. The average Bonchev–Trinajstić information content (AvgIpc) is 2.73. The standard InChI is InChI=1S/C12H7ClF3NO3/c13-9-3-6(1-2-8(9)12(14,15)16)11(19)17-7-4-10(18)20-5-7/h1-4H,5H2,(H,17,19). The van der Waals surface area contributed by atoms with Crippen LogP contribution in [0.1, 0.15) is 15.9 Å². The molecule has 1 amide bonds. The van der Waals surface area contributed by atoms with Crippen molar-refractivity contribution in [3.63, 3.8) is 0 Å². The van der Waals surface area contributed by atoms with Crippen molar-refractivity contribution in [1.82, 2.24) is 5.32 Å². The number of amides is 1. The molecule has 0 radical (unpaired) electrons. The maximum absolute atomic E-state index is 12.5. The zero-order valence-electron chi connectivity index (χ0n) is 9.75. The Labute approximate surface area is 116 Å². The molecule has 8 heteroatoms. The zero-order valence-corrected chi connectivity index (χ0v) is 10.5. The Hall–Kier alpha value is -2.02. The molecule has 106 valence electrons. The van der Waals surface area contributed by atoms with E-state index in [0.29, 0.717) is 0 Å². The first-order valence-electron chi connectivity index (χ1n) is 5.33. The zero-order chi connectivity index (χ0) is 14.9. The maximum atomic E-state index is 12.5. The van der Waals surface area contributed by atoms with Gasteiger partial charge in [-0.15, -0.1) is 0 Å². The predicted molar refractivity (Wildman–Crippen MR) is 63.0 cm³/mol. The molecule has 0 aromatic heterocycles. The van der Waals surface area contributed by atoms with E-state index in [2.05, 4.69) is 10.1 Å². The highest BCUT2D eigenvalue weighted by molar-refractivity contribution is 6.31. The number of carbonyl (C=O) groups is 2. The fourth-order valence-electron chi connectivity index (χ4n) is 1.55. The first kappa shape index (κ1) is 14.4. The molecule has 1 N–H and O–H groups in total. The summed E-state index contributed by atoms with van der Waals surface area (Å²) in [6, 6.07) is 2.64. The summed E-state index contributed by atoms with van der Waals surface area (Å²) in [5, 5.41) is 1.78. The third kappa shape index (κ3) is 3.11. The SMILES string of the molecule is O=C1C=C(NC(=O)c2ccc(C(F)(F)F)c(Cl)c2)CO1. The van der Waals surface area contributed by atoms with E-state index in [1.807, 2.05) is 0 Å². The molecule has 0 fully saturated rings. The molecule has 1 heterocycles. The Bertz CT molecular complexity index is 610. The van der Waals surface area contributed by atoms with E-state index in [9.17, 15) is 22.8 Å². The lowest BCUT2D eigenvalue weighted by Crippen LogP contribution is -2.23. The molecule has 2 rings (SSSR count). The lowest BCUT2D eigenvalue weighted by Gasteiger charge is -2.10. The van der Waals surface area contributed by atoms with E-state index in [4.69, 9.17) is 11.6 Å². The molecule has 1 aromatic carbocycles. The van der Waals surface area contributed by atoms with E-state index in [1.54, 1.807) is 0 Å². The van der Waals surface area contributed by atoms with Crippen molar-refractivity contribution in [1.29, 1.82) is 0 Å². The Balaban J connectivity index is 2.17. The van der Waals surface area contributed by atoms with Crippen LogP contribution in [0.2, 0.25) is 5.02 Å². The van der Waals surface area contributed by atoms with Crippen molar-refractivity contribution in [3.8, 4) is 0 Å². The van der Waals surface area contributed by atoms with Gasteiger partial charge in [-0.2, -0.15) is 13.2 Å². The summed E-state index contributed by atoms with van der Waals surface area (Å²) in [5.74, 6) is -1.27. The van der Waals surface area contributed by atoms with Crippen LogP contribution < -0.4 is 5.32 Å². The Morgan fingerprint density at radius 3 is 2.55 bits per heavy atom. The number of halogens is 4. The number of cyclic esters (lactones) is 1. The topological polar surface area (TPSA) is 55.4 Å². The monoisotopic (exact) mass is 305 g/mol. The lowest BCUT2D eigenvalue weighted by molar-refractivity contribution is -0.137. The molecule has 4 nitrogen and oxygen atoms in total. The Morgan fingerprint density at radius 1 is 1.35 bits per heavy atom. The molecule has 0 aliphatic carbocycles. The third-order valence-electron chi connectivity index (χ3n) is 2.47. The third-order valence-corrected chi connectivity index (χ3v) is 2.79. The molecule has 0 saturated heterocycles. The van der Waals surface area contributed by atoms with Crippen LogP contribution in [0.15, 0.2) is 30.0 Å². The fraction of sp³-hybridized carbons (Fsp3) is 0.167. The predicted octanol–water partition coefficient (Wildman–Crippen LogP) is 2.53. The summed E-state index contributed by atoms with van der Waals surface area (Å²) in [5.41, 5.74) is -0.839. The second-order valence-electron chi connectivity index (χ2n) is 3.92. The first-order valence-corrected chi connectivity index (χ1v) is 5.70. The van der Waals surface area contributed by atoms with Gasteiger partial charge in [0, 0.05) is 11.6 Å². The van der Waals surface area contributed by atoms with Gasteiger partial charge >= 0.3 is 12.1 Å². The fourth-order valence-corrected chi connectivity index (χ4v) is 1.84. The van der Waals surface area contributed by atoms with Gasteiger partial charge in [-0.05, 0) is 18.2 Å². The second kappa shape index (κ2) is 5.16. The van der Waals surface area contributed by atoms with Gasteiger partial charge in [0.2, 0.25) is 0 Å². The molecule has 0 saturated carbocycles. The second-order valence-corrected chi connectivity index (χ2v) is 4.33. The number of hydrogen-bond donors (Lipinski definition) is 1. The number of benzene rings is 1. The van der Waals surface area contributed by atoms with Crippen molar-refractivity contribution in [2.24, 2.45) is 0 Å². The van der Waals surface area contributed by atoms with Crippen LogP contribution >= 0.6 is 11.6 Å². The first-order chi connectivity index (χ1) is 9.27. The van der Waals surface area contributed by atoms with E-state index < -0.39 is 28.6 Å². The molecule has 0 atom stereocenters. The molecule has 1 aromatic rings. The largest absolute Gasteiger partial charge is 0.456 e. The van der Waals surface area contributed by atoms with Gasteiger partial charge in [0.05, 0.1) is 16.3 Å². The van der Waals surface area contributed by atoms with Crippen molar-refractivity contribution >= 4 is 23.5 Å². The molecule has 0 bridgehead atoms. The van der Waals surface area contributed by atoms with E-state index in [0.717, 1.165) is 24.3 Å². The summed E-state index contributed by atoms with van der Waals surface area (Å²) in [4.78, 5) is 22.5. The summed E-state index contributed by atoms with van der Waals surface area (Å²) < 4.78 is 42.1. The molecule has 1 aliphatic heterocycles. The number of rotatable bonds is 2. The minimum absolute atomic E-state index is 0.0525. The number of ether oxygens (including phenoxy) is 1. The van der Waals surface area contributed by atoms with Crippen LogP contribution in [-0.4, -0.2) is 18.5 Å². The average molecular weight is 306 g/mol. The Morgan fingerprint density at radius 2 is 2.05 bits per heavy atom. The van der Waals surface area contributed by atoms with Crippen LogP contribution in [0.3, 0.4) is 0 Å². The number of alkyl halides is 3. The number of carbonyl (C=O) groups excluding carboxylic acids is 2. The minimum atomic E-state index is -4.58. The van der Waals surface area contributed by atoms with Crippen molar-refractivity contribution in [3.05, 3.63) is 46.1 Å². The van der Waals surface area contributed by atoms with Gasteiger partial charge in [0.25, 0.3) is 5.91 Å². The van der Waals surface area contributed by atoms with E-state index >= 15 is 0 Å². The van der Waals surface area contributed by atoms with Crippen molar-refractivity contribution in [2.75, 3.05) is 6.61 Å². The number of esters is 1. The summed E-state index contributed by atoms with van der Waals surface area (Å²) in [6.07, 6.45) is -3.50. The summed E-state index contributed by atoms with van der Waals surface area (Å²) in [6.45, 7) is -0.0844. The smallest absolute Gasteiger partial charge is 0.417 e. The van der Waals surface area contributed by atoms with Gasteiger partial charge in [-0.3, -0.25) is 4.79 Å². The molecule has 0 unspecified atom stereocenters. The van der Waals surface area contributed by atoms with Gasteiger partial charge in [0.1, 0.15) is 6.61 Å². The van der Waals surface area contributed by atoms with E-state index in [-0.39, 0.29) is 17.9 Å². The molecular weight excluding hydrogens is 299 g/mol. The van der Waals surface area contributed by atoms with Crippen LogP contribution in [0, 0.1) is 0 Å². The van der Waals surface area contributed by atoms with Crippen LogP contribution in [0.25, 0.3) is 0 Å². The number of hydrogen-bond acceptors (Lipinski definition) is 3. The van der Waals surface area contributed by atoms with Gasteiger partial charge in [0.15, 0.2) is 0 Å². The normalized spacial score (nSPS) is 14.8. The van der Waals surface area contributed by atoms with Gasteiger partial charge in [-0.25, -0.2) is 4.79 Å². The maximum Gasteiger partial charge on any atom is 0.417 e. The van der Waals surface area contributed by atoms with Crippen molar-refractivity contribution in [2.45, 2.75) is 6.18 Å². The Kier molecular flexibility index (Phi) is 3.71. The summed E-state index contributed by atoms with van der Waals surface area (Å²) >= 11 is 5.50. The van der Waals surface area contributed by atoms with Crippen LogP contribution in [-0.2, 0) is 15.7 Å². The highest BCUT2D eigenvalue weighted by Crippen LogP contribution is 2.34. The quantitative estimate of drug-likeness (QED) is 0.854. The summed E-state index contributed by atoms with van der Waals surface area (Å²) in [7, 11) is 0. The van der Waals surface area contributed by atoms with Gasteiger partial charge in [-0.1, -0.05) is 11.6 Å². The van der Waals surface area contributed by atoms with Crippen LogP contribution in [0.4, 0.5) is 13.2 Å². The molecule has 1 aliphatic rings.